The third-order valence-corrected chi connectivity index (χ3v) is 5.20. The van der Waals surface area contributed by atoms with Gasteiger partial charge in [0.25, 0.3) is 0 Å². The van der Waals surface area contributed by atoms with Crippen LogP contribution in [0.5, 0.6) is 5.75 Å². The number of aliphatic hydroxyl groups excluding tert-OH is 1. The molecule has 1 aliphatic rings. The van der Waals surface area contributed by atoms with Crippen molar-refractivity contribution in [2.45, 2.75) is 19.5 Å². The zero-order valence-corrected chi connectivity index (χ0v) is 17.2. The van der Waals surface area contributed by atoms with Gasteiger partial charge < -0.3 is 14.7 Å². The Balaban J connectivity index is 1.46. The summed E-state index contributed by atoms with van der Waals surface area (Å²) >= 11 is 0. The van der Waals surface area contributed by atoms with Gasteiger partial charge in [-0.05, 0) is 30.2 Å². The first-order valence-corrected chi connectivity index (χ1v) is 10.2. The van der Waals surface area contributed by atoms with Gasteiger partial charge in [0.15, 0.2) is 5.82 Å². The van der Waals surface area contributed by atoms with Crippen LogP contribution in [-0.4, -0.2) is 74.6 Å². The van der Waals surface area contributed by atoms with E-state index in [9.17, 15) is 0 Å². The Morgan fingerprint density at radius 1 is 1.07 bits per heavy atom. The predicted octanol–water partition coefficient (Wildman–Crippen LogP) is 1.45. The van der Waals surface area contributed by atoms with Gasteiger partial charge in [-0.2, -0.15) is 5.10 Å². The number of aliphatic hydroxyl groups is 1. The van der Waals surface area contributed by atoms with Gasteiger partial charge in [0.1, 0.15) is 12.1 Å². The van der Waals surface area contributed by atoms with Gasteiger partial charge in [0, 0.05) is 45.1 Å². The molecule has 1 aliphatic heterocycles. The maximum absolute atomic E-state index is 9.11. The maximum atomic E-state index is 9.11. The van der Waals surface area contributed by atoms with E-state index in [1.54, 1.807) is 30.5 Å². The molecule has 9 heteroatoms. The minimum absolute atomic E-state index is 0.0278. The minimum Gasteiger partial charge on any atom is -0.496 e. The Labute approximate surface area is 176 Å². The van der Waals surface area contributed by atoms with Crippen LogP contribution in [0.3, 0.4) is 0 Å². The van der Waals surface area contributed by atoms with E-state index in [4.69, 9.17) is 9.84 Å². The second-order valence-corrected chi connectivity index (χ2v) is 7.26. The molecule has 0 spiro atoms. The first-order chi connectivity index (χ1) is 14.8. The molecule has 0 unspecified atom stereocenters. The average molecular weight is 409 g/mol. The number of methoxy groups -OCH3 is 1. The van der Waals surface area contributed by atoms with Crippen molar-refractivity contribution in [3.63, 3.8) is 0 Å². The SMILES string of the molecule is COc1ccc(CN2CCCN(c3ncccn3)CC2)cc1-c1ncn(CCO)n1. The van der Waals surface area contributed by atoms with Gasteiger partial charge in [0.05, 0.1) is 25.8 Å². The molecule has 4 rings (SSSR count). The van der Waals surface area contributed by atoms with Crippen molar-refractivity contribution in [2.75, 3.05) is 44.8 Å². The van der Waals surface area contributed by atoms with Crippen molar-refractivity contribution < 1.29 is 9.84 Å². The molecule has 158 valence electrons. The molecule has 3 aromatic rings. The Bertz CT molecular complexity index is 948. The molecule has 1 aromatic carbocycles. The highest BCUT2D eigenvalue weighted by Gasteiger charge is 2.18. The van der Waals surface area contributed by atoms with E-state index >= 15 is 0 Å². The molecule has 30 heavy (non-hydrogen) atoms. The largest absolute Gasteiger partial charge is 0.496 e. The van der Waals surface area contributed by atoms with Gasteiger partial charge in [-0.25, -0.2) is 15.0 Å². The summed E-state index contributed by atoms with van der Waals surface area (Å²) < 4.78 is 7.16. The molecule has 1 saturated heterocycles. The highest BCUT2D eigenvalue weighted by Crippen LogP contribution is 2.29. The van der Waals surface area contributed by atoms with Crippen LogP contribution >= 0.6 is 0 Å². The molecular weight excluding hydrogens is 382 g/mol. The molecular formula is C21H27N7O2. The summed E-state index contributed by atoms with van der Waals surface area (Å²) in [5.74, 6) is 2.14. The predicted molar refractivity (Wildman–Crippen MR) is 113 cm³/mol. The molecule has 9 nitrogen and oxygen atoms in total. The van der Waals surface area contributed by atoms with E-state index in [1.807, 2.05) is 12.1 Å². The van der Waals surface area contributed by atoms with Crippen molar-refractivity contribution in [1.82, 2.24) is 29.6 Å². The number of aromatic nitrogens is 5. The topological polar surface area (TPSA) is 92.4 Å². The lowest BCUT2D eigenvalue weighted by Crippen LogP contribution is -2.31. The molecule has 1 fully saturated rings. The summed E-state index contributed by atoms with van der Waals surface area (Å²) in [7, 11) is 1.65. The van der Waals surface area contributed by atoms with E-state index in [-0.39, 0.29) is 6.61 Å². The van der Waals surface area contributed by atoms with Crippen LogP contribution in [0, 0.1) is 0 Å². The molecule has 0 radical (unpaired) electrons. The van der Waals surface area contributed by atoms with Crippen LogP contribution in [-0.2, 0) is 13.1 Å². The van der Waals surface area contributed by atoms with Crippen molar-refractivity contribution in [1.29, 1.82) is 0 Å². The number of anilines is 1. The quantitative estimate of drug-likeness (QED) is 0.627. The van der Waals surface area contributed by atoms with Crippen molar-refractivity contribution in [2.24, 2.45) is 0 Å². The second-order valence-electron chi connectivity index (χ2n) is 7.26. The molecule has 0 amide bonds. The number of rotatable bonds is 7. The highest BCUT2D eigenvalue weighted by molar-refractivity contribution is 5.64. The normalized spacial score (nSPS) is 15.2. The number of ether oxygens (including phenoxy) is 1. The summed E-state index contributed by atoms with van der Waals surface area (Å²) in [6, 6.07) is 8.01. The molecule has 0 saturated carbocycles. The molecule has 0 atom stereocenters. The Morgan fingerprint density at radius 3 is 2.73 bits per heavy atom. The third kappa shape index (κ3) is 4.74. The van der Waals surface area contributed by atoms with Crippen LogP contribution in [0.25, 0.3) is 11.4 Å². The first kappa shape index (κ1) is 20.2. The minimum atomic E-state index is 0.0278. The third-order valence-electron chi connectivity index (χ3n) is 5.20. The van der Waals surface area contributed by atoms with Gasteiger partial charge in [-0.15, -0.1) is 0 Å². The van der Waals surface area contributed by atoms with E-state index in [1.165, 1.54) is 5.56 Å². The maximum Gasteiger partial charge on any atom is 0.225 e. The number of hydrogen-bond donors (Lipinski definition) is 1. The summed E-state index contributed by atoms with van der Waals surface area (Å²) in [5.41, 5.74) is 2.05. The fourth-order valence-corrected chi connectivity index (χ4v) is 3.70. The number of benzene rings is 1. The van der Waals surface area contributed by atoms with Gasteiger partial charge >= 0.3 is 0 Å². The standard InChI is InChI=1S/C21H27N7O2/c1-30-19-5-4-17(14-18(19)20-24-16-28(25-20)12-13-29)15-26-8-3-9-27(11-10-26)21-22-6-2-7-23-21/h2,4-7,14,16,29H,3,8-13,15H2,1H3. The van der Waals surface area contributed by atoms with Crippen LogP contribution in [0.1, 0.15) is 12.0 Å². The number of nitrogens with zero attached hydrogens (tertiary/aromatic N) is 7. The summed E-state index contributed by atoms with van der Waals surface area (Å²) in [6.07, 6.45) is 6.28. The monoisotopic (exact) mass is 409 g/mol. The van der Waals surface area contributed by atoms with Gasteiger partial charge in [-0.1, -0.05) is 6.07 Å². The van der Waals surface area contributed by atoms with Crippen LogP contribution in [0.15, 0.2) is 43.0 Å². The first-order valence-electron chi connectivity index (χ1n) is 10.2. The Kier molecular flexibility index (Phi) is 6.50. The summed E-state index contributed by atoms with van der Waals surface area (Å²) in [5, 5.41) is 13.6. The van der Waals surface area contributed by atoms with E-state index < -0.39 is 0 Å². The van der Waals surface area contributed by atoms with Crippen molar-refractivity contribution in [3.8, 4) is 17.1 Å². The summed E-state index contributed by atoms with van der Waals surface area (Å²) in [4.78, 5) is 17.9. The highest BCUT2D eigenvalue weighted by atomic mass is 16.5. The smallest absolute Gasteiger partial charge is 0.225 e. The molecule has 2 aromatic heterocycles. The lowest BCUT2D eigenvalue weighted by molar-refractivity contribution is 0.269. The van der Waals surface area contributed by atoms with Crippen LogP contribution < -0.4 is 9.64 Å². The molecule has 0 bridgehead atoms. The van der Waals surface area contributed by atoms with Crippen molar-refractivity contribution in [3.05, 3.63) is 48.5 Å². The van der Waals surface area contributed by atoms with E-state index in [2.05, 4.69) is 42.0 Å². The van der Waals surface area contributed by atoms with Crippen LogP contribution in [0.2, 0.25) is 0 Å². The Hall–Kier alpha value is -3.04. The van der Waals surface area contributed by atoms with Crippen LogP contribution in [0.4, 0.5) is 5.95 Å². The van der Waals surface area contributed by atoms with Gasteiger partial charge in [-0.3, -0.25) is 9.58 Å². The van der Waals surface area contributed by atoms with E-state index in [0.717, 1.165) is 56.4 Å². The lowest BCUT2D eigenvalue weighted by atomic mass is 10.1. The molecule has 1 N–H and O–H groups in total. The fourth-order valence-electron chi connectivity index (χ4n) is 3.70. The van der Waals surface area contributed by atoms with E-state index in [0.29, 0.717) is 12.4 Å². The van der Waals surface area contributed by atoms with Crippen molar-refractivity contribution >= 4 is 5.95 Å². The number of hydrogen-bond acceptors (Lipinski definition) is 8. The fraction of sp³-hybridized carbons (Fsp3) is 0.429. The zero-order valence-electron chi connectivity index (χ0n) is 17.2. The molecule has 3 heterocycles. The molecule has 0 aliphatic carbocycles. The Morgan fingerprint density at radius 2 is 1.93 bits per heavy atom. The second kappa shape index (κ2) is 9.64. The zero-order chi connectivity index (χ0) is 20.8. The van der Waals surface area contributed by atoms with Gasteiger partial charge in [0.2, 0.25) is 5.95 Å². The summed E-state index contributed by atoms with van der Waals surface area (Å²) in [6.45, 7) is 5.13. The lowest BCUT2D eigenvalue weighted by Gasteiger charge is -2.22. The average Bonchev–Trinajstić information content (AvgIpc) is 3.12.